The minimum atomic E-state index is -0.915. The van der Waals surface area contributed by atoms with Crippen molar-refractivity contribution in [1.29, 1.82) is 0 Å². The van der Waals surface area contributed by atoms with Crippen molar-refractivity contribution in [2.45, 2.75) is 13.0 Å². The van der Waals surface area contributed by atoms with Crippen LogP contribution < -0.4 is 10.9 Å². The Labute approximate surface area is 96.8 Å². The zero-order chi connectivity index (χ0) is 12.4. The molecule has 0 amide bonds. The summed E-state index contributed by atoms with van der Waals surface area (Å²) in [5, 5.41) is 11.9. The largest absolute Gasteiger partial charge is 0.481 e. The van der Waals surface area contributed by atoms with Gasteiger partial charge in [-0.15, -0.1) is 0 Å². The van der Waals surface area contributed by atoms with Gasteiger partial charge in [-0.3, -0.25) is 9.59 Å². The molecule has 0 spiro atoms. The van der Waals surface area contributed by atoms with Gasteiger partial charge in [0.1, 0.15) is 17.6 Å². The van der Waals surface area contributed by atoms with E-state index in [0.717, 1.165) is 0 Å². The Morgan fingerprint density at radius 3 is 3.06 bits per heavy atom. The Balaban J connectivity index is 2.15. The molecule has 2 rings (SSSR count). The fourth-order valence-corrected chi connectivity index (χ4v) is 1.78. The van der Waals surface area contributed by atoms with Crippen LogP contribution in [0.1, 0.15) is 5.82 Å². The van der Waals surface area contributed by atoms with Crippen LogP contribution in [0.4, 0.5) is 5.82 Å². The van der Waals surface area contributed by atoms with Gasteiger partial charge in [-0.05, 0) is 6.92 Å². The van der Waals surface area contributed by atoms with E-state index in [1.165, 1.54) is 6.07 Å². The lowest BCUT2D eigenvalue weighted by Crippen LogP contribution is -2.34. The zero-order valence-electron chi connectivity index (χ0n) is 9.27. The van der Waals surface area contributed by atoms with Gasteiger partial charge < -0.3 is 20.1 Å². The van der Waals surface area contributed by atoms with E-state index >= 15 is 0 Å². The molecule has 0 bridgehead atoms. The average molecular weight is 239 g/mol. The number of hydrogen-bond acceptors (Lipinski definition) is 5. The third kappa shape index (κ3) is 2.62. The van der Waals surface area contributed by atoms with E-state index in [0.29, 0.717) is 18.2 Å². The minimum Gasteiger partial charge on any atom is -0.481 e. The van der Waals surface area contributed by atoms with E-state index in [9.17, 15) is 9.59 Å². The second-order valence-electron chi connectivity index (χ2n) is 3.95. The molecule has 1 aliphatic rings. The third-order valence-corrected chi connectivity index (χ3v) is 2.59. The van der Waals surface area contributed by atoms with Crippen molar-refractivity contribution >= 4 is 11.8 Å². The van der Waals surface area contributed by atoms with Gasteiger partial charge in [0.05, 0.1) is 19.3 Å². The van der Waals surface area contributed by atoms with Crippen molar-refractivity contribution in [1.82, 2.24) is 9.97 Å². The van der Waals surface area contributed by atoms with Gasteiger partial charge in [0, 0.05) is 6.07 Å². The summed E-state index contributed by atoms with van der Waals surface area (Å²) in [5.74, 6) is -0.684. The Morgan fingerprint density at radius 2 is 2.41 bits per heavy atom. The van der Waals surface area contributed by atoms with Crippen LogP contribution in [-0.4, -0.2) is 40.3 Å². The molecule has 1 fully saturated rings. The Hall–Kier alpha value is -1.89. The molecule has 0 aliphatic carbocycles. The van der Waals surface area contributed by atoms with Crippen LogP contribution in [0.2, 0.25) is 0 Å². The second-order valence-corrected chi connectivity index (χ2v) is 3.95. The Kier molecular flexibility index (Phi) is 3.10. The van der Waals surface area contributed by atoms with Gasteiger partial charge in [-0.25, -0.2) is 4.98 Å². The second kappa shape index (κ2) is 4.54. The van der Waals surface area contributed by atoms with Crippen LogP contribution in [0.3, 0.4) is 0 Å². The van der Waals surface area contributed by atoms with Gasteiger partial charge in [0.2, 0.25) is 0 Å². The van der Waals surface area contributed by atoms with Gasteiger partial charge in [-0.1, -0.05) is 0 Å². The first-order valence-corrected chi connectivity index (χ1v) is 5.21. The molecule has 7 nitrogen and oxygen atoms in total. The normalized spacial score (nSPS) is 23.6. The molecule has 1 aromatic rings. The predicted molar refractivity (Wildman–Crippen MR) is 59.0 cm³/mol. The molecular weight excluding hydrogens is 226 g/mol. The molecule has 0 saturated carbocycles. The minimum absolute atomic E-state index is 0.176. The molecule has 2 atom stereocenters. The van der Waals surface area contributed by atoms with Crippen LogP contribution in [0.15, 0.2) is 10.9 Å². The topological polar surface area (TPSA) is 104 Å². The number of aryl methyl sites for hydroxylation is 1. The number of carboxylic acid groups (broad SMARTS) is 1. The number of aliphatic carboxylic acids is 1. The standard InChI is InChI=1S/C10H13N3O4/c1-5-11-8(2-9(14)12-5)13-7-4-17-3-6(7)10(15)16/h2,6-7H,3-4H2,1H3,(H,15,16)(H2,11,12,13,14). The lowest BCUT2D eigenvalue weighted by molar-refractivity contribution is -0.141. The molecule has 17 heavy (non-hydrogen) atoms. The van der Waals surface area contributed by atoms with Crippen LogP contribution in [0.25, 0.3) is 0 Å². The molecule has 1 aromatic heterocycles. The highest BCUT2D eigenvalue weighted by molar-refractivity contribution is 5.72. The molecule has 1 saturated heterocycles. The molecule has 2 unspecified atom stereocenters. The lowest BCUT2D eigenvalue weighted by atomic mass is 10.0. The first-order valence-electron chi connectivity index (χ1n) is 5.21. The smallest absolute Gasteiger partial charge is 0.311 e. The first-order chi connectivity index (χ1) is 8.06. The summed E-state index contributed by atoms with van der Waals surface area (Å²) in [4.78, 5) is 28.7. The van der Waals surface area contributed by atoms with Crippen LogP contribution >= 0.6 is 0 Å². The van der Waals surface area contributed by atoms with Crippen LogP contribution in [0, 0.1) is 12.8 Å². The number of hydrogen-bond donors (Lipinski definition) is 3. The number of nitrogens with zero attached hydrogens (tertiary/aromatic N) is 1. The number of H-pyrrole nitrogens is 1. The quantitative estimate of drug-likeness (QED) is 0.662. The van der Waals surface area contributed by atoms with E-state index in [1.54, 1.807) is 6.92 Å². The summed E-state index contributed by atoms with van der Waals surface area (Å²) < 4.78 is 5.11. The monoisotopic (exact) mass is 239 g/mol. The molecule has 0 aromatic carbocycles. The molecule has 1 aliphatic heterocycles. The number of aromatic amines is 1. The lowest BCUT2D eigenvalue weighted by Gasteiger charge is -2.16. The predicted octanol–water partition coefficient (Wildman–Crippen LogP) is -0.410. The SMILES string of the molecule is Cc1nc(NC2COCC2C(=O)O)cc(=O)[nH]1. The van der Waals surface area contributed by atoms with Crippen molar-refractivity contribution in [2.75, 3.05) is 18.5 Å². The molecule has 3 N–H and O–H groups in total. The van der Waals surface area contributed by atoms with Gasteiger partial charge >= 0.3 is 5.97 Å². The fraction of sp³-hybridized carbons (Fsp3) is 0.500. The van der Waals surface area contributed by atoms with Crippen molar-refractivity contribution < 1.29 is 14.6 Å². The summed E-state index contributed by atoms with van der Waals surface area (Å²) in [6.07, 6.45) is 0. The highest BCUT2D eigenvalue weighted by atomic mass is 16.5. The fourth-order valence-electron chi connectivity index (χ4n) is 1.78. The summed E-state index contributed by atoms with van der Waals surface area (Å²) in [5.41, 5.74) is -0.272. The maximum atomic E-state index is 11.2. The van der Waals surface area contributed by atoms with Gasteiger partial charge in [0.25, 0.3) is 5.56 Å². The van der Waals surface area contributed by atoms with Crippen molar-refractivity contribution in [3.63, 3.8) is 0 Å². The summed E-state index contributed by atoms with van der Waals surface area (Å²) >= 11 is 0. The summed E-state index contributed by atoms with van der Waals surface area (Å²) in [6.45, 7) is 2.13. The molecular formula is C10H13N3O4. The average Bonchev–Trinajstić information content (AvgIpc) is 2.63. The number of anilines is 1. The highest BCUT2D eigenvalue weighted by Gasteiger charge is 2.34. The summed E-state index contributed by atoms with van der Waals surface area (Å²) in [7, 11) is 0. The highest BCUT2D eigenvalue weighted by Crippen LogP contribution is 2.17. The number of nitrogens with one attached hydrogen (secondary N) is 2. The van der Waals surface area contributed by atoms with Crippen LogP contribution in [-0.2, 0) is 9.53 Å². The van der Waals surface area contributed by atoms with E-state index < -0.39 is 11.9 Å². The third-order valence-electron chi connectivity index (χ3n) is 2.59. The molecule has 92 valence electrons. The van der Waals surface area contributed by atoms with Crippen molar-refractivity contribution in [2.24, 2.45) is 5.92 Å². The van der Waals surface area contributed by atoms with E-state index in [2.05, 4.69) is 15.3 Å². The maximum absolute atomic E-state index is 11.2. The molecule has 7 heteroatoms. The van der Waals surface area contributed by atoms with E-state index in [4.69, 9.17) is 9.84 Å². The Bertz CT molecular complexity index is 485. The number of ether oxygens (including phenoxy) is 1. The number of rotatable bonds is 3. The zero-order valence-corrected chi connectivity index (χ0v) is 9.27. The molecule has 0 radical (unpaired) electrons. The number of carboxylic acids is 1. The number of aromatic nitrogens is 2. The van der Waals surface area contributed by atoms with Gasteiger partial charge in [0.15, 0.2) is 0 Å². The summed E-state index contributed by atoms with van der Waals surface area (Å²) in [6, 6.07) is 0.936. The van der Waals surface area contributed by atoms with Crippen molar-refractivity contribution in [3.05, 3.63) is 22.2 Å². The Morgan fingerprint density at radius 1 is 1.65 bits per heavy atom. The van der Waals surface area contributed by atoms with Crippen molar-refractivity contribution in [3.8, 4) is 0 Å². The maximum Gasteiger partial charge on any atom is 0.311 e. The molecule has 2 heterocycles. The van der Waals surface area contributed by atoms with Gasteiger partial charge in [-0.2, -0.15) is 0 Å². The van der Waals surface area contributed by atoms with E-state index in [1.807, 2.05) is 0 Å². The van der Waals surface area contributed by atoms with Crippen LogP contribution in [0.5, 0.6) is 0 Å². The number of carbonyl (C=O) groups is 1. The van der Waals surface area contributed by atoms with E-state index in [-0.39, 0.29) is 18.2 Å². The first kappa shape index (κ1) is 11.6.